The summed E-state index contributed by atoms with van der Waals surface area (Å²) in [6.07, 6.45) is 8.24. The van der Waals surface area contributed by atoms with Crippen molar-refractivity contribution in [1.29, 1.82) is 0 Å². The third-order valence-corrected chi connectivity index (χ3v) is 7.83. The Morgan fingerprint density at radius 2 is 1.89 bits per heavy atom. The topological polar surface area (TPSA) is 73.2 Å². The molecule has 2 N–H and O–H groups in total. The van der Waals surface area contributed by atoms with E-state index in [1.54, 1.807) is 18.7 Å². The van der Waals surface area contributed by atoms with Crippen LogP contribution in [0.4, 0.5) is 4.79 Å². The SMILES string of the molecule is Cc1cc(C(C)N2CCC(CC(C)(C)O)(c3ccccc3)OC2=O)ccc1C1=CC(O)N(C2CC2)C=C1. The van der Waals surface area contributed by atoms with Gasteiger partial charge in [0.05, 0.1) is 11.6 Å². The molecule has 3 atom stereocenters. The highest BCUT2D eigenvalue weighted by atomic mass is 16.6. The molecule has 1 saturated heterocycles. The average molecular weight is 503 g/mol. The molecular formula is C31H38N2O4. The standard InChI is InChI=1S/C31H38N2O4/c1-21-18-23(10-13-27(21)24-14-16-33(26-11-12-26)28(34)19-24)22(2)32-17-15-31(37-29(32)35,20-30(3,4)36)25-8-6-5-7-9-25/h5-10,13-14,16,18-19,22,26,28,34,36H,11-12,15,17,20H2,1-4H3. The summed E-state index contributed by atoms with van der Waals surface area (Å²) in [5.74, 6) is 0. The van der Waals surface area contributed by atoms with Crippen molar-refractivity contribution >= 4 is 11.7 Å². The van der Waals surface area contributed by atoms with E-state index in [1.165, 1.54) is 0 Å². The molecule has 1 aliphatic carbocycles. The van der Waals surface area contributed by atoms with Gasteiger partial charge in [-0.3, -0.25) is 0 Å². The zero-order chi connectivity index (χ0) is 26.4. The molecule has 2 aliphatic heterocycles. The van der Waals surface area contributed by atoms with E-state index in [0.29, 0.717) is 25.4 Å². The maximum atomic E-state index is 13.4. The second kappa shape index (κ2) is 9.66. The summed E-state index contributed by atoms with van der Waals surface area (Å²) < 4.78 is 6.16. The molecule has 1 saturated carbocycles. The molecule has 2 aromatic rings. The Bertz CT molecular complexity index is 1210. The number of aliphatic hydroxyl groups is 2. The number of allylic oxidation sites excluding steroid dienone is 2. The van der Waals surface area contributed by atoms with Crippen molar-refractivity contribution in [3.8, 4) is 0 Å². The van der Waals surface area contributed by atoms with Crippen molar-refractivity contribution in [2.75, 3.05) is 6.54 Å². The van der Waals surface area contributed by atoms with Crippen LogP contribution in [0.2, 0.25) is 0 Å². The van der Waals surface area contributed by atoms with Crippen LogP contribution in [0.5, 0.6) is 0 Å². The van der Waals surface area contributed by atoms with Crippen LogP contribution >= 0.6 is 0 Å². The number of nitrogens with zero attached hydrogens (tertiary/aromatic N) is 2. The van der Waals surface area contributed by atoms with E-state index in [9.17, 15) is 15.0 Å². The predicted octanol–water partition coefficient (Wildman–Crippen LogP) is 5.65. The molecule has 37 heavy (non-hydrogen) atoms. The molecule has 5 rings (SSSR count). The monoisotopic (exact) mass is 502 g/mol. The van der Waals surface area contributed by atoms with Crippen LogP contribution in [-0.2, 0) is 10.3 Å². The third kappa shape index (κ3) is 5.32. The number of carbonyl (C=O) groups is 1. The zero-order valence-corrected chi connectivity index (χ0v) is 22.2. The Labute approximate surface area is 219 Å². The van der Waals surface area contributed by atoms with Gasteiger partial charge in [-0.1, -0.05) is 48.5 Å². The van der Waals surface area contributed by atoms with E-state index in [-0.39, 0.29) is 12.1 Å². The Morgan fingerprint density at radius 1 is 1.16 bits per heavy atom. The Morgan fingerprint density at radius 3 is 2.49 bits per heavy atom. The molecule has 196 valence electrons. The number of hydrogen-bond acceptors (Lipinski definition) is 5. The van der Waals surface area contributed by atoms with Crippen LogP contribution in [0.3, 0.4) is 0 Å². The normalized spacial score (nSPS) is 25.1. The molecule has 6 nitrogen and oxygen atoms in total. The average Bonchev–Trinajstić information content (AvgIpc) is 3.68. The van der Waals surface area contributed by atoms with Crippen molar-refractivity contribution in [1.82, 2.24) is 9.80 Å². The van der Waals surface area contributed by atoms with Gasteiger partial charge in [-0.15, -0.1) is 0 Å². The van der Waals surface area contributed by atoms with Gasteiger partial charge in [-0.05, 0) is 80.5 Å². The van der Waals surface area contributed by atoms with Gasteiger partial charge >= 0.3 is 6.09 Å². The van der Waals surface area contributed by atoms with Gasteiger partial charge in [0.15, 0.2) is 0 Å². The zero-order valence-electron chi connectivity index (χ0n) is 22.2. The lowest BCUT2D eigenvalue weighted by molar-refractivity contribution is -0.101. The van der Waals surface area contributed by atoms with E-state index >= 15 is 0 Å². The van der Waals surface area contributed by atoms with Gasteiger partial charge in [0, 0.05) is 31.6 Å². The van der Waals surface area contributed by atoms with Gasteiger partial charge in [-0.2, -0.15) is 0 Å². The van der Waals surface area contributed by atoms with E-state index in [4.69, 9.17) is 4.74 Å². The highest BCUT2D eigenvalue weighted by molar-refractivity contribution is 5.77. The number of cyclic esters (lactones) is 1. The summed E-state index contributed by atoms with van der Waals surface area (Å²) in [6, 6.07) is 16.3. The van der Waals surface area contributed by atoms with E-state index in [0.717, 1.165) is 40.7 Å². The van der Waals surface area contributed by atoms with Crippen molar-refractivity contribution < 1.29 is 19.7 Å². The summed E-state index contributed by atoms with van der Waals surface area (Å²) >= 11 is 0. The van der Waals surface area contributed by atoms with Crippen LogP contribution in [0.25, 0.3) is 5.57 Å². The minimum Gasteiger partial charge on any atom is -0.438 e. The van der Waals surface area contributed by atoms with E-state index in [1.807, 2.05) is 54.4 Å². The fraction of sp³-hybridized carbons (Fsp3) is 0.452. The number of aliphatic hydroxyl groups excluding tert-OH is 1. The first-order valence-electron chi connectivity index (χ1n) is 13.3. The Balaban J connectivity index is 1.33. The lowest BCUT2D eigenvalue weighted by Gasteiger charge is -2.45. The van der Waals surface area contributed by atoms with Crippen molar-refractivity contribution in [2.45, 2.75) is 82.9 Å². The first-order chi connectivity index (χ1) is 17.6. The summed E-state index contributed by atoms with van der Waals surface area (Å²) in [6.45, 7) is 8.13. The maximum Gasteiger partial charge on any atom is 0.411 e. The maximum absolute atomic E-state index is 13.4. The van der Waals surface area contributed by atoms with E-state index in [2.05, 4.69) is 31.2 Å². The summed E-state index contributed by atoms with van der Waals surface area (Å²) in [4.78, 5) is 17.2. The molecule has 0 aromatic heterocycles. The largest absolute Gasteiger partial charge is 0.438 e. The lowest BCUT2D eigenvalue weighted by Crippen LogP contribution is -2.51. The number of benzene rings is 2. The molecule has 2 heterocycles. The molecule has 0 spiro atoms. The van der Waals surface area contributed by atoms with Crippen LogP contribution in [-0.4, -0.2) is 50.5 Å². The molecule has 2 fully saturated rings. The second-order valence-corrected chi connectivity index (χ2v) is 11.4. The van der Waals surface area contributed by atoms with Gasteiger partial charge in [0.25, 0.3) is 0 Å². The molecular weight excluding hydrogens is 464 g/mol. The quantitative estimate of drug-likeness (QED) is 0.512. The lowest BCUT2D eigenvalue weighted by atomic mass is 9.80. The highest BCUT2D eigenvalue weighted by Gasteiger charge is 2.46. The molecule has 3 unspecified atom stereocenters. The summed E-state index contributed by atoms with van der Waals surface area (Å²) in [7, 11) is 0. The first kappa shape index (κ1) is 25.6. The van der Waals surface area contributed by atoms with Gasteiger partial charge in [0.1, 0.15) is 11.8 Å². The number of hydrogen-bond donors (Lipinski definition) is 2. The van der Waals surface area contributed by atoms with Crippen LogP contribution in [0.1, 0.15) is 74.8 Å². The summed E-state index contributed by atoms with van der Waals surface area (Å²) in [5.41, 5.74) is 3.29. The molecule has 0 bridgehead atoms. The van der Waals surface area contributed by atoms with E-state index < -0.39 is 17.4 Å². The number of aryl methyl sites for hydroxylation is 1. The van der Waals surface area contributed by atoms with Crippen molar-refractivity contribution in [2.24, 2.45) is 0 Å². The van der Waals surface area contributed by atoms with Crippen molar-refractivity contribution in [3.05, 3.63) is 89.1 Å². The van der Waals surface area contributed by atoms with Crippen LogP contribution < -0.4 is 0 Å². The van der Waals surface area contributed by atoms with Gasteiger partial charge in [-0.25, -0.2) is 4.79 Å². The van der Waals surface area contributed by atoms with Gasteiger partial charge in [0.2, 0.25) is 0 Å². The molecule has 1 amide bonds. The minimum absolute atomic E-state index is 0.164. The number of carbonyl (C=O) groups excluding carboxylic acids is 1. The summed E-state index contributed by atoms with van der Waals surface area (Å²) in [5, 5.41) is 21.2. The number of ether oxygens (including phenoxy) is 1. The van der Waals surface area contributed by atoms with Gasteiger partial charge < -0.3 is 24.7 Å². The fourth-order valence-electron chi connectivity index (χ4n) is 5.79. The molecule has 3 aliphatic rings. The molecule has 0 radical (unpaired) electrons. The van der Waals surface area contributed by atoms with Crippen molar-refractivity contribution in [3.63, 3.8) is 0 Å². The van der Waals surface area contributed by atoms with Crippen LogP contribution in [0, 0.1) is 6.92 Å². The first-order valence-corrected chi connectivity index (χ1v) is 13.3. The van der Waals surface area contributed by atoms with Crippen LogP contribution in [0.15, 0.2) is 66.9 Å². The fourth-order valence-corrected chi connectivity index (χ4v) is 5.79. The predicted molar refractivity (Wildman–Crippen MR) is 144 cm³/mol. The second-order valence-electron chi connectivity index (χ2n) is 11.4. The third-order valence-electron chi connectivity index (χ3n) is 7.83. The number of amides is 1. The molecule has 2 aromatic carbocycles. The highest BCUT2D eigenvalue weighted by Crippen LogP contribution is 2.42. The Kier molecular flexibility index (Phi) is 6.67. The Hall–Kier alpha value is -3.09. The smallest absolute Gasteiger partial charge is 0.411 e. The molecule has 6 heteroatoms. The minimum atomic E-state index is -0.984. The number of rotatable bonds is 7.